The molecule has 0 aromatic carbocycles. The zero-order valence-corrected chi connectivity index (χ0v) is 69.6. The van der Waals surface area contributed by atoms with Gasteiger partial charge in [0.05, 0.1) is 26.4 Å². The molecule has 0 saturated heterocycles. The summed E-state index contributed by atoms with van der Waals surface area (Å²) in [5, 5.41) is 10.7. The molecule has 0 spiro atoms. The highest BCUT2D eigenvalue weighted by atomic mass is 31.2. The average Bonchev–Trinajstić information content (AvgIpc) is 0.910. The molecule has 612 valence electrons. The van der Waals surface area contributed by atoms with Gasteiger partial charge in [0.15, 0.2) is 12.2 Å². The van der Waals surface area contributed by atoms with Crippen LogP contribution in [0.1, 0.15) is 440 Å². The Morgan fingerprint density at radius 1 is 0.282 bits per heavy atom. The molecular weight excluding hydrogens is 1340 g/mol. The maximum atomic E-state index is 13.1. The van der Waals surface area contributed by atoms with Gasteiger partial charge >= 0.3 is 39.5 Å². The fourth-order valence-electron chi connectivity index (χ4n) is 13.0. The average molecular weight is 1510 g/mol. The number of carbonyl (C=O) groups excluding carboxylic acids is 4. The highest BCUT2D eigenvalue weighted by molar-refractivity contribution is 7.47. The molecule has 0 saturated carbocycles. The first-order chi connectivity index (χ1) is 49.8. The number of unbranched alkanes of at least 4 members (excludes halogenated alkanes) is 49. The number of hydrogen-bond acceptors (Lipinski definition) is 15. The molecule has 0 aromatic heterocycles. The fourth-order valence-corrected chi connectivity index (χ4v) is 14.6. The quantitative estimate of drug-likeness (QED) is 0.0222. The second-order valence-corrected chi connectivity index (χ2v) is 34.3. The molecule has 3 unspecified atom stereocenters. The minimum Gasteiger partial charge on any atom is -0.462 e. The van der Waals surface area contributed by atoms with E-state index in [9.17, 15) is 43.2 Å². The molecule has 0 aromatic rings. The van der Waals surface area contributed by atoms with Gasteiger partial charge in [-0.2, -0.15) is 0 Å². The zero-order valence-electron chi connectivity index (χ0n) is 67.8. The van der Waals surface area contributed by atoms with Crippen LogP contribution >= 0.6 is 15.6 Å². The summed E-state index contributed by atoms with van der Waals surface area (Å²) in [4.78, 5) is 73.2. The van der Waals surface area contributed by atoms with Gasteiger partial charge < -0.3 is 33.8 Å². The Labute approximate surface area is 632 Å². The number of esters is 4. The van der Waals surface area contributed by atoms with Crippen molar-refractivity contribution in [2.24, 2.45) is 17.8 Å². The van der Waals surface area contributed by atoms with Gasteiger partial charge in [0.25, 0.3) is 0 Å². The summed E-state index contributed by atoms with van der Waals surface area (Å²) in [7, 11) is -9.93. The first-order valence-electron chi connectivity index (χ1n) is 43.4. The SMILES string of the molecule is CCCCCCCCCCCCCCCCCC(=O)O[C@H](COC(=O)CCCCCCCCCCC(C)C)COP(=O)(O)OC[C@H](O)COP(=O)(O)OC[C@@H](COC(=O)CCCCCCCCCCCCCCCCC(C)CC)OC(=O)CCCCCCCCCCCCCCCCCCC(C)C. The molecule has 17 nitrogen and oxygen atoms in total. The Morgan fingerprint density at radius 3 is 0.738 bits per heavy atom. The van der Waals surface area contributed by atoms with Crippen LogP contribution in [0.5, 0.6) is 0 Å². The summed E-state index contributed by atoms with van der Waals surface area (Å²) in [6.07, 6.45) is 63.7. The predicted molar refractivity (Wildman–Crippen MR) is 423 cm³/mol. The van der Waals surface area contributed by atoms with Crippen molar-refractivity contribution in [2.75, 3.05) is 39.6 Å². The van der Waals surface area contributed by atoms with E-state index in [1.165, 1.54) is 250 Å². The number of aliphatic hydroxyl groups excluding tert-OH is 1. The van der Waals surface area contributed by atoms with Crippen molar-refractivity contribution in [3.63, 3.8) is 0 Å². The van der Waals surface area contributed by atoms with Crippen LogP contribution in [-0.2, 0) is 65.4 Å². The predicted octanol–water partition coefficient (Wildman–Crippen LogP) is 25.3. The third-order valence-corrected chi connectivity index (χ3v) is 21.9. The van der Waals surface area contributed by atoms with Crippen molar-refractivity contribution in [1.29, 1.82) is 0 Å². The van der Waals surface area contributed by atoms with Gasteiger partial charge in [-0.15, -0.1) is 0 Å². The van der Waals surface area contributed by atoms with E-state index < -0.39 is 97.5 Å². The third kappa shape index (κ3) is 76.6. The zero-order chi connectivity index (χ0) is 75.8. The number of carbonyl (C=O) groups is 4. The number of aliphatic hydroxyl groups is 1. The maximum Gasteiger partial charge on any atom is 0.472 e. The van der Waals surface area contributed by atoms with Crippen LogP contribution < -0.4 is 0 Å². The smallest absolute Gasteiger partial charge is 0.462 e. The second kappa shape index (κ2) is 74.2. The molecule has 0 aliphatic rings. The minimum atomic E-state index is -4.97. The molecule has 0 heterocycles. The van der Waals surface area contributed by atoms with Crippen LogP contribution in [0, 0.1) is 17.8 Å². The highest BCUT2D eigenvalue weighted by Crippen LogP contribution is 2.45. The van der Waals surface area contributed by atoms with Gasteiger partial charge in [-0.05, 0) is 43.4 Å². The number of phosphoric acid groups is 2. The van der Waals surface area contributed by atoms with Crippen LogP contribution in [0.3, 0.4) is 0 Å². The van der Waals surface area contributed by atoms with Gasteiger partial charge in [0.1, 0.15) is 19.3 Å². The summed E-state index contributed by atoms with van der Waals surface area (Å²) in [6, 6.07) is 0. The van der Waals surface area contributed by atoms with E-state index in [-0.39, 0.29) is 25.7 Å². The lowest BCUT2D eigenvalue weighted by Crippen LogP contribution is -2.30. The second-order valence-electron chi connectivity index (χ2n) is 31.4. The third-order valence-electron chi connectivity index (χ3n) is 20.0. The van der Waals surface area contributed by atoms with E-state index in [0.29, 0.717) is 25.7 Å². The van der Waals surface area contributed by atoms with E-state index in [1.54, 1.807) is 0 Å². The van der Waals surface area contributed by atoms with E-state index in [0.717, 1.165) is 108 Å². The molecule has 19 heteroatoms. The lowest BCUT2D eigenvalue weighted by molar-refractivity contribution is -0.161. The van der Waals surface area contributed by atoms with Gasteiger partial charge in [0, 0.05) is 25.7 Å². The lowest BCUT2D eigenvalue weighted by Gasteiger charge is -2.21. The summed E-state index contributed by atoms with van der Waals surface area (Å²) < 4.78 is 68.8. The Morgan fingerprint density at radius 2 is 0.495 bits per heavy atom. The summed E-state index contributed by atoms with van der Waals surface area (Å²) in [5.74, 6) is 0.280. The summed E-state index contributed by atoms with van der Waals surface area (Å²) in [6.45, 7) is 12.0. The first kappa shape index (κ1) is 101. The fraction of sp³-hybridized carbons (Fsp3) is 0.952. The number of rotatable bonds is 82. The minimum absolute atomic E-state index is 0.108. The van der Waals surface area contributed by atoms with Crippen molar-refractivity contribution in [3.05, 3.63) is 0 Å². The molecule has 3 N–H and O–H groups in total. The van der Waals surface area contributed by atoms with Crippen LogP contribution in [0.4, 0.5) is 0 Å². The normalized spacial score (nSPS) is 14.2. The van der Waals surface area contributed by atoms with Gasteiger partial charge in [-0.3, -0.25) is 37.3 Å². The van der Waals surface area contributed by atoms with Crippen molar-refractivity contribution in [3.8, 4) is 0 Å². The van der Waals surface area contributed by atoms with Crippen molar-refractivity contribution < 1.29 is 80.2 Å². The van der Waals surface area contributed by atoms with Gasteiger partial charge in [-0.1, -0.05) is 389 Å². The van der Waals surface area contributed by atoms with Crippen molar-refractivity contribution in [1.82, 2.24) is 0 Å². The van der Waals surface area contributed by atoms with Gasteiger partial charge in [0.2, 0.25) is 0 Å². The van der Waals surface area contributed by atoms with Crippen LogP contribution in [0.25, 0.3) is 0 Å². The largest absolute Gasteiger partial charge is 0.472 e. The monoisotopic (exact) mass is 1510 g/mol. The lowest BCUT2D eigenvalue weighted by atomic mass is 9.99. The van der Waals surface area contributed by atoms with Crippen LogP contribution in [0.15, 0.2) is 0 Å². The molecule has 0 aliphatic heterocycles. The molecule has 0 amide bonds. The summed E-state index contributed by atoms with van der Waals surface area (Å²) >= 11 is 0. The van der Waals surface area contributed by atoms with Crippen molar-refractivity contribution in [2.45, 2.75) is 458 Å². The molecular formula is C84H164O17P2. The number of ether oxygens (including phenoxy) is 4. The van der Waals surface area contributed by atoms with Crippen LogP contribution in [-0.4, -0.2) is 96.7 Å². The molecule has 0 fully saturated rings. The Bertz CT molecular complexity index is 1990. The Kier molecular flexibility index (Phi) is 72.8. The first-order valence-corrected chi connectivity index (χ1v) is 46.4. The topological polar surface area (TPSA) is 237 Å². The number of phosphoric ester groups is 2. The number of hydrogen-bond donors (Lipinski definition) is 3. The van der Waals surface area contributed by atoms with E-state index >= 15 is 0 Å². The highest BCUT2D eigenvalue weighted by Gasteiger charge is 2.30. The van der Waals surface area contributed by atoms with Crippen LogP contribution in [0.2, 0.25) is 0 Å². The molecule has 0 rings (SSSR count). The van der Waals surface area contributed by atoms with E-state index in [4.69, 9.17) is 37.0 Å². The Balaban J connectivity index is 5.25. The van der Waals surface area contributed by atoms with E-state index in [2.05, 4.69) is 48.5 Å². The molecule has 0 bridgehead atoms. The molecule has 0 aliphatic carbocycles. The molecule has 0 radical (unpaired) electrons. The molecule has 6 atom stereocenters. The van der Waals surface area contributed by atoms with Crippen molar-refractivity contribution >= 4 is 39.5 Å². The maximum absolute atomic E-state index is 13.1. The van der Waals surface area contributed by atoms with E-state index in [1.807, 2.05) is 0 Å². The standard InChI is InChI=1S/C84H164O17P2/c1-8-10-11-12-13-14-15-16-19-27-32-37-46-53-60-67-84(89)101-80(72-95-82(87)66-59-52-45-40-39-42-49-56-63-76(5)6)74-99-103(92,93)97-70-78(85)69-96-102(90,91)98-73-79(71-94-81(86)65-58-51-44-36-31-26-23-22-25-30-35-43-50-57-64-77(7)9-2)100-83(88)68-61-54-47-38-33-28-21-18-17-20-24-29-34-41-48-55-62-75(3)4/h75-80,85H,8-74H2,1-7H3,(H,90,91)(H,92,93)/t77?,78-,79-,80-/m1/s1. The summed E-state index contributed by atoms with van der Waals surface area (Å²) in [5.41, 5.74) is 0. The Hall–Kier alpha value is -1.94. The van der Waals surface area contributed by atoms with Gasteiger partial charge in [-0.25, -0.2) is 9.13 Å². The molecule has 103 heavy (non-hydrogen) atoms.